The predicted octanol–water partition coefficient (Wildman–Crippen LogP) is -1.61. The number of nitrogens with two attached hydrogens (primary N) is 2. The zero-order valence-corrected chi connectivity index (χ0v) is 20.4. The van der Waals surface area contributed by atoms with Gasteiger partial charge in [0.25, 0.3) is 0 Å². The van der Waals surface area contributed by atoms with E-state index in [-0.39, 0.29) is 31.6 Å². The van der Waals surface area contributed by atoms with Crippen LogP contribution in [0.25, 0.3) is 0 Å². The molecule has 0 aliphatic carbocycles. The topological polar surface area (TPSA) is 231 Å². The van der Waals surface area contributed by atoms with E-state index in [1.807, 2.05) is 0 Å². The number of carboxylic acid groups (broad SMARTS) is 2. The minimum atomic E-state index is -1.47. The Bertz CT molecular complexity index is 748. The number of aliphatic carboxylic acids is 2. The quantitative estimate of drug-likeness (QED) is 0.119. The third-order valence-electron chi connectivity index (χ3n) is 4.84. The van der Waals surface area contributed by atoms with Crippen molar-refractivity contribution >= 4 is 47.3 Å². The summed E-state index contributed by atoms with van der Waals surface area (Å²) in [6, 6.07) is -4.76. The second kappa shape index (κ2) is 15.9. The second-order valence-electron chi connectivity index (χ2n) is 8.01. The van der Waals surface area contributed by atoms with Crippen molar-refractivity contribution in [2.24, 2.45) is 17.4 Å². The number of rotatable bonds is 17. The lowest BCUT2D eigenvalue weighted by Gasteiger charge is -2.25. The van der Waals surface area contributed by atoms with Gasteiger partial charge in [-0.15, -0.1) is 0 Å². The SMILES string of the molecule is CSCCC(NC(=O)C(CCC(N)=O)NC(=O)C(N)C(C)C)C(=O)NC(CCC(=O)O)C(=O)O. The molecule has 0 aromatic heterocycles. The largest absolute Gasteiger partial charge is 0.481 e. The van der Waals surface area contributed by atoms with Gasteiger partial charge in [0.2, 0.25) is 23.6 Å². The monoisotopic (exact) mass is 505 g/mol. The summed E-state index contributed by atoms with van der Waals surface area (Å²) in [5.74, 6) is -5.34. The van der Waals surface area contributed by atoms with E-state index in [0.717, 1.165) is 0 Å². The van der Waals surface area contributed by atoms with Crippen molar-refractivity contribution in [3.63, 3.8) is 0 Å². The fraction of sp³-hybridized carbons (Fsp3) is 0.700. The molecule has 34 heavy (non-hydrogen) atoms. The highest BCUT2D eigenvalue weighted by Gasteiger charge is 2.30. The Morgan fingerprint density at radius 3 is 1.71 bits per heavy atom. The second-order valence-corrected chi connectivity index (χ2v) is 9.00. The molecular weight excluding hydrogens is 470 g/mol. The Kier molecular flexibility index (Phi) is 14.5. The lowest BCUT2D eigenvalue weighted by Crippen LogP contribution is -2.57. The average Bonchev–Trinajstić information content (AvgIpc) is 2.74. The molecule has 0 fully saturated rings. The first kappa shape index (κ1) is 31.1. The van der Waals surface area contributed by atoms with Crippen molar-refractivity contribution in [2.75, 3.05) is 12.0 Å². The lowest BCUT2D eigenvalue weighted by molar-refractivity contribution is -0.143. The predicted molar refractivity (Wildman–Crippen MR) is 125 cm³/mol. The molecule has 13 nitrogen and oxygen atoms in total. The van der Waals surface area contributed by atoms with Gasteiger partial charge in [0.1, 0.15) is 18.1 Å². The van der Waals surface area contributed by atoms with Gasteiger partial charge in [0.15, 0.2) is 0 Å². The molecule has 0 aliphatic rings. The van der Waals surface area contributed by atoms with Crippen molar-refractivity contribution in [3.05, 3.63) is 0 Å². The number of carbonyl (C=O) groups is 6. The standard InChI is InChI=1S/C20H35N5O8S/c1-10(2)16(22)19(31)24-11(4-6-14(21)26)17(29)23-12(8-9-34-3)18(30)25-13(20(32)33)5-7-15(27)28/h10-13,16H,4-9,22H2,1-3H3,(H2,21,26)(H,23,29)(H,24,31)(H,25,30)(H,27,28)(H,32,33). The molecule has 194 valence electrons. The van der Waals surface area contributed by atoms with Crippen LogP contribution in [-0.2, 0) is 28.8 Å². The first-order valence-electron chi connectivity index (χ1n) is 10.7. The molecule has 4 unspecified atom stereocenters. The van der Waals surface area contributed by atoms with Gasteiger partial charge in [-0.1, -0.05) is 13.8 Å². The first-order chi connectivity index (χ1) is 15.8. The minimum Gasteiger partial charge on any atom is -0.481 e. The molecule has 0 spiro atoms. The molecule has 0 bridgehead atoms. The number of carbonyl (C=O) groups excluding carboxylic acids is 4. The Morgan fingerprint density at radius 1 is 0.794 bits per heavy atom. The smallest absolute Gasteiger partial charge is 0.326 e. The Balaban J connectivity index is 5.53. The highest BCUT2D eigenvalue weighted by Crippen LogP contribution is 2.07. The normalized spacial score (nSPS) is 14.4. The summed E-state index contributed by atoms with van der Waals surface area (Å²) in [6.45, 7) is 3.43. The molecule has 4 amide bonds. The molecule has 0 aromatic rings. The highest BCUT2D eigenvalue weighted by atomic mass is 32.2. The summed E-state index contributed by atoms with van der Waals surface area (Å²) in [7, 11) is 0. The lowest BCUT2D eigenvalue weighted by atomic mass is 10.0. The van der Waals surface area contributed by atoms with Crippen LogP contribution >= 0.6 is 11.8 Å². The van der Waals surface area contributed by atoms with Gasteiger partial charge < -0.3 is 37.6 Å². The Labute approximate surface area is 202 Å². The molecule has 0 aliphatic heterocycles. The molecule has 0 rings (SSSR count). The van der Waals surface area contributed by atoms with Crippen molar-refractivity contribution < 1.29 is 39.0 Å². The molecule has 4 atom stereocenters. The van der Waals surface area contributed by atoms with Gasteiger partial charge in [-0.05, 0) is 37.2 Å². The molecule has 9 N–H and O–H groups in total. The number of hydrogen-bond acceptors (Lipinski definition) is 8. The average molecular weight is 506 g/mol. The van der Waals surface area contributed by atoms with E-state index in [1.165, 1.54) is 11.8 Å². The van der Waals surface area contributed by atoms with Gasteiger partial charge >= 0.3 is 11.9 Å². The summed E-state index contributed by atoms with van der Waals surface area (Å²) in [5.41, 5.74) is 11.0. The zero-order valence-electron chi connectivity index (χ0n) is 19.5. The summed E-state index contributed by atoms with van der Waals surface area (Å²) in [4.78, 5) is 71.3. The third-order valence-corrected chi connectivity index (χ3v) is 5.48. The van der Waals surface area contributed by atoms with Crippen molar-refractivity contribution in [1.82, 2.24) is 16.0 Å². The summed E-state index contributed by atoms with van der Waals surface area (Å²) >= 11 is 1.38. The summed E-state index contributed by atoms with van der Waals surface area (Å²) < 4.78 is 0. The number of primary amides is 1. The third kappa shape index (κ3) is 12.4. The van der Waals surface area contributed by atoms with Gasteiger partial charge in [-0.25, -0.2) is 4.79 Å². The molecule has 0 heterocycles. The summed E-state index contributed by atoms with van der Waals surface area (Å²) in [5, 5.41) is 25.2. The van der Waals surface area contributed by atoms with E-state index >= 15 is 0 Å². The molecule has 0 saturated heterocycles. The molecular formula is C20H35N5O8S. The number of nitrogens with one attached hydrogen (secondary N) is 3. The summed E-state index contributed by atoms with van der Waals surface area (Å²) in [6.07, 6.45) is 0.734. The van der Waals surface area contributed by atoms with Crippen molar-refractivity contribution in [1.29, 1.82) is 0 Å². The van der Waals surface area contributed by atoms with Crippen LogP contribution in [0.15, 0.2) is 0 Å². The zero-order chi connectivity index (χ0) is 26.4. The maximum Gasteiger partial charge on any atom is 0.326 e. The maximum atomic E-state index is 12.9. The van der Waals surface area contributed by atoms with Crippen LogP contribution in [-0.4, -0.2) is 82.0 Å². The molecule has 0 radical (unpaired) electrons. The number of hydrogen-bond donors (Lipinski definition) is 7. The van der Waals surface area contributed by atoms with Gasteiger partial charge in [0.05, 0.1) is 6.04 Å². The van der Waals surface area contributed by atoms with Crippen LogP contribution in [0.5, 0.6) is 0 Å². The minimum absolute atomic E-state index is 0.131. The Hall–Kier alpha value is -2.87. The highest BCUT2D eigenvalue weighted by molar-refractivity contribution is 7.98. The molecule has 0 saturated carbocycles. The van der Waals surface area contributed by atoms with E-state index in [2.05, 4.69) is 16.0 Å². The van der Waals surface area contributed by atoms with Crippen LogP contribution in [0.4, 0.5) is 0 Å². The van der Waals surface area contributed by atoms with Crippen LogP contribution in [0.1, 0.15) is 46.0 Å². The van der Waals surface area contributed by atoms with Crippen LogP contribution in [0, 0.1) is 5.92 Å². The van der Waals surface area contributed by atoms with E-state index in [4.69, 9.17) is 16.6 Å². The van der Waals surface area contributed by atoms with E-state index < -0.39 is 66.2 Å². The number of carboxylic acids is 2. The van der Waals surface area contributed by atoms with Crippen molar-refractivity contribution in [2.45, 2.75) is 70.1 Å². The van der Waals surface area contributed by atoms with Crippen LogP contribution in [0.3, 0.4) is 0 Å². The fourth-order valence-corrected chi connectivity index (χ4v) is 3.17. The fourth-order valence-electron chi connectivity index (χ4n) is 2.70. The molecule has 14 heteroatoms. The van der Waals surface area contributed by atoms with Crippen LogP contribution in [0.2, 0.25) is 0 Å². The Morgan fingerprint density at radius 2 is 1.26 bits per heavy atom. The number of thioether (sulfide) groups is 1. The van der Waals surface area contributed by atoms with Gasteiger partial charge in [-0.3, -0.25) is 24.0 Å². The van der Waals surface area contributed by atoms with Gasteiger partial charge in [0, 0.05) is 12.8 Å². The van der Waals surface area contributed by atoms with E-state index in [0.29, 0.717) is 5.75 Å². The van der Waals surface area contributed by atoms with E-state index in [1.54, 1.807) is 20.1 Å². The maximum absolute atomic E-state index is 12.9. The van der Waals surface area contributed by atoms with E-state index in [9.17, 15) is 33.9 Å². The molecule has 0 aromatic carbocycles. The first-order valence-corrected chi connectivity index (χ1v) is 12.1. The van der Waals surface area contributed by atoms with Crippen molar-refractivity contribution in [3.8, 4) is 0 Å². The van der Waals surface area contributed by atoms with Crippen LogP contribution < -0.4 is 27.4 Å². The number of amides is 4. The van der Waals surface area contributed by atoms with Gasteiger partial charge in [-0.2, -0.15) is 11.8 Å².